The second-order valence-corrected chi connectivity index (χ2v) is 4.41. The van der Waals surface area contributed by atoms with Crippen LogP contribution in [-0.2, 0) is 0 Å². The lowest BCUT2D eigenvalue weighted by atomic mass is 10.00. The molecule has 3 aromatic carbocycles. The van der Waals surface area contributed by atoms with Gasteiger partial charge in [-0.3, -0.25) is 0 Å². The molecule has 0 atom stereocenters. The predicted molar refractivity (Wildman–Crippen MR) is 74.6 cm³/mol. The van der Waals surface area contributed by atoms with Gasteiger partial charge in [-0.05, 0) is 16.2 Å². The van der Waals surface area contributed by atoms with Crippen LogP contribution in [0, 0.1) is 0 Å². The fourth-order valence-corrected chi connectivity index (χ4v) is 2.54. The third-order valence-corrected chi connectivity index (χ3v) is 3.38. The topological polar surface area (TPSA) is 25.8 Å². The molecule has 18 heavy (non-hydrogen) atoms. The molecule has 0 N–H and O–H groups in total. The molecule has 0 aliphatic carbocycles. The van der Waals surface area contributed by atoms with Crippen molar-refractivity contribution in [3.05, 3.63) is 61.1 Å². The molecular weight excluding hydrogens is 220 g/mol. The molecule has 0 aliphatic rings. The first kappa shape index (κ1) is 9.54. The average Bonchev–Trinajstić information content (AvgIpc) is 2.46. The lowest BCUT2D eigenvalue weighted by Gasteiger charge is -2.06. The van der Waals surface area contributed by atoms with Gasteiger partial charge in [0.2, 0.25) is 0 Å². The third-order valence-electron chi connectivity index (χ3n) is 3.38. The molecule has 0 spiro atoms. The Morgan fingerprint density at radius 1 is 0.722 bits per heavy atom. The highest BCUT2D eigenvalue weighted by Crippen LogP contribution is 2.30. The van der Waals surface area contributed by atoms with Crippen LogP contribution in [0.5, 0.6) is 0 Å². The van der Waals surface area contributed by atoms with Crippen molar-refractivity contribution >= 4 is 32.4 Å². The molecule has 2 heteroatoms. The quantitative estimate of drug-likeness (QED) is 0.428. The molecule has 4 rings (SSSR count). The van der Waals surface area contributed by atoms with Crippen molar-refractivity contribution < 1.29 is 0 Å². The van der Waals surface area contributed by atoms with E-state index in [1.807, 2.05) is 6.20 Å². The summed E-state index contributed by atoms with van der Waals surface area (Å²) in [6, 6.07) is 16.9. The summed E-state index contributed by atoms with van der Waals surface area (Å²) in [6.45, 7) is 0. The van der Waals surface area contributed by atoms with Crippen LogP contribution in [0.2, 0.25) is 0 Å². The van der Waals surface area contributed by atoms with Gasteiger partial charge in [0.05, 0.1) is 5.52 Å². The summed E-state index contributed by atoms with van der Waals surface area (Å²) < 4.78 is 0. The Kier molecular flexibility index (Phi) is 1.86. The van der Waals surface area contributed by atoms with E-state index in [1.54, 1.807) is 6.33 Å². The Morgan fingerprint density at radius 3 is 2.44 bits per heavy atom. The SMILES string of the molecule is c1ccc2c(c1)ccc1ccc3cncnc3c12. The van der Waals surface area contributed by atoms with E-state index >= 15 is 0 Å². The van der Waals surface area contributed by atoms with Crippen LogP contribution in [0.1, 0.15) is 0 Å². The van der Waals surface area contributed by atoms with Crippen molar-refractivity contribution in [3.63, 3.8) is 0 Å². The van der Waals surface area contributed by atoms with Crippen LogP contribution in [-0.4, -0.2) is 9.97 Å². The summed E-state index contributed by atoms with van der Waals surface area (Å²) in [5.74, 6) is 0. The molecule has 2 nitrogen and oxygen atoms in total. The van der Waals surface area contributed by atoms with Crippen molar-refractivity contribution in [2.24, 2.45) is 0 Å². The van der Waals surface area contributed by atoms with Crippen molar-refractivity contribution in [2.75, 3.05) is 0 Å². The molecule has 0 bridgehead atoms. The van der Waals surface area contributed by atoms with Crippen LogP contribution in [0.15, 0.2) is 61.1 Å². The van der Waals surface area contributed by atoms with Gasteiger partial charge in [-0.15, -0.1) is 0 Å². The van der Waals surface area contributed by atoms with Gasteiger partial charge in [0.25, 0.3) is 0 Å². The number of fused-ring (bicyclic) bond motifs is 5. The van der Waals surface area contributed by atoms with E-state index in [9.17, 15) is 0 Å². The zero-order valence-electron chi connectivity index (χ0n) is 9.67. The lowest BCUT2D eigenvalue weighted by Crippen LogP contribution is -1.85. The van der Waals surface area contributed by atoms with Gasteiger partial charge in [0.15, 0.2) is 0 Å². The summed E-state index contributed by atoms with van der Waals surface area (Å²) in [5, 5.41) is 6.02. The van der Waals surface area contributed by atoms with Gasteiger partial charge >= 0.3 is 0 Å². The molecule has 0 saturated heterocycles. The molecule has 0 unspecified atom stereocenters. The van der Waals surface area contributed by atoms with Gasteiger partial charge in [0.1, 0.15) is 6.33 Å². The highest BCUT2D eigenvalue weighted by atomic mass is 14.8. The molecule has 4 aromatic rings. The van der Waals surface area contributed by atoms with Crippen LogP contribution >= 0.6 is 0 Å². The summed E-state index contributed by atoms with van der Waals surface area (Å²) in [6.07, 6.45) is 3.48. The number of rotatable bonds is 0. The first-order chi connectivity index (χ1) is 8.93. The normalized spacial score (nSPS) is 11.3. The molecular formula is C16H10N2. The second kappa shape index (κ2) is 3.50. The Bertz CT molecular complexity index is 811. The van der Waals surface area contributed by atoms with Gasteiger partial charge in [-0.25, -0.2) is 9.97 Å². The van der Waals surface area contributed by atoms with Gasteiger partial charge in [0, 0.05) is 17.0 Å². The second-order valence-electron chi connectivity index (χ2n) is 4.41. The van der Waals surface area contributed by atoms with Gasteiger partial charge in [-0.1, -0.05) is 48.5 Å². The van der Waals surface area contributed by atoms with Crippen molar-refractivity contribution in [2.45, 2.75) is 0 Å². The Balaban J connectivity index is 2.38. The Hall–Kier alpha value is -2.48. The molecule has 0 saturated carbocycles. The van der Waals surface area contributed by atoms with Crippen LogP contribution in [0.3, 0.4) is 0 Å². The summed E-state index contributed by atoms with van der Waals surface area (Å²) in [7, 11) is 0. The van der Waals surface area contributed by atoms with Crippen LogP contribution < -0.4 is 0 Å². The Morgan fingerprint density at radius 2 is 1.50 bits per heavy atom. The minimum atomic E-state index is 1.03. The maximum Gasteiger partial charge on any atom is 0.116 e. The van der Waals surface area contributed by atoms with E-state index in [1.165, 1.54) is 21.5 Å². The number of hydrogen-bond donors (Lipinski definition) is 0. The van der Waals surface area contributed by atoms with Crippen molar-refractivity contribution in [3.8, 4) is 0 Å². The minimum absolute atomic E-state index is 1.03. The first-order valence-corrected chi connectivity index (χ1v) is 5.94. The molecule has 0 fully saturated rings. The number of aromatic nitrogens is 2. The first-order valence-electron chi connectivity index (χ1n) is 5.94. The smallest absolute Gasteiger partial charge is 0.116 e. The molecule has 0 radical (unpaired) electrons. The van der Waals surface area contributed by atoms with E-state index < -0.39 is 0 Å². The fraction of sp³-hybridized carbons (Fsp3) is 0. The molecule has 0 aliphatic heterocycles. The van der Waals surface area contributed by atoms with E-state index in [0.717, 1.165) is 10.9 Å². The largest absolute Gasteiger partial charge is 0.244 e. The molecule has 1 aromatic heterocycles. The summed E-state index contributed by atoms with van der Waals surface area (Å²) in [5.41, 5.74) is 1.03. The van der Waals surface area contributed by atoms with E-state index in [4.69, 9.17) is 0 Å². The van der Waals surface area contributed by atoms with Gasteiger partial charge < -0.3 is 0 Å². The predicted octanol–water partition coefficient (Wildman–Crippen LogP) is 3.94. The number of hydrogen-bond acceptors (Lipinski definition) is 2. The molecule has 84 valence electrons. The fourth-order valence-electron chi connectivity index (χ4n) is 2.54. The molecule has 1 heterocycles. The van der Waals surface area contributed by atoms with Gasteiger partial charge in [-0.2, -0.15) is 0 Å². The zero-order valence-corrected chi connectivity index (χ0v) is 9.67. The summed E-state index contributed by atoms with van der Waals surface area (Å²) in [4.78, 5) is 8.54. The summed E-state index contributed by atoms with van der Waals surface area (Å²) >= 11 is 0. The Labute approximate surface area is 104 Å². The molecule has 0 amide bonds. The van der Waals surface area contributed by atoms with Crippen molar-refractivity contribution in [1.29, 1.82) is 0 Å². The average molecular weight is 230 g/mol. The highest BCUT2D eigenvalue weighted by Gasteiger charge is 2.05. The standard InChI is InChI=1S/C16H10N2/c1-2-4-14-11(3-1)5-6-12-7-8-13-9-17-10-18-16(13)15(12)14/h1-10H. The maximum atomic E-state index is 4.45. The van der Waals surface area contributed by atoms with Crippen LogP contribution in [0.25, 0.3) is 32.4 Å². The minimum Gasteiger partial charge on any atom is -0.244 e. The van der Waals surface area contributed by atoms with Crippen LogP contribution in [0.4, 0.5) is 0 Å². The van der Waals surface area contributed by atoms with Crippen molar-refractivity contribution in [1.82, 2.24) is 9.97 Å². The third kappa shape index (κ3) is 1.23. The maximum absolute atomic E-state index is 4.45. The highest BCUT2D eigenvalue weighted by molar-refractivity contribution is 6.18. The lowest BCUT2D eigenvalue weighted by molar-refractivity contribution is 1.23. The number of benzene rings is 3. The van der Waals surface area contributed by atoms with E-state index in [2.05, 4.69) is 58.5 Å². The zero-order chi connectivity index (χ0) is 11.9. The van der Waals surface area contributed by atoms with E-state index in [0.29, 0.717) is 0 Å². The monoisotopic (exact) mass is 230 g/mol. The number of nitrogens with zero attached hydrogens (tertiary/aromatic N) is 2. The van der Waals surface area contributed by atoms with E-state index in [-0.39, 0.29) is 0 Å².